The van der Waals surface area contributed by atoms with E-state index in [1.165, 1.54) is 26.2 Å². The van der Waals surface area contributed by atoms with Crippen LogP contribution in [0, 0.1) is 0 Å². The van der Waals surface area contributed by atoms with Gasteiger partial charge >= 0.3 is 0 Å². The van der Waals surface area contributed by atoms with Gasteiger partial charge in [0.1, 0.15) is 6.04 Å². The second-order valence-electron chi connectivity index (χ2n) is 6.34. The van der Waals surface area contributed by atoms with E-state index >= 15 is 0 Å². The summed E-state index contributed by atoms with van der Waals surface area (Å²) in [5, 5.41) is 0. The van der Waals surface area contributed by atoms with Gasteiger partial charge in [0.05, 0.1) is 29.7 Å². The van der Waals surface area contributed by atoms with Crippen molar-refractivity contribution in [1.29, 1.82) is 0 Å². The van der Waals surface area contributed by atoms with E-state index in [-0.39, 0.29) is 21.7 Å². The van der Waals surface area contributed by atoms with Gasteiger partial charge in [0.15, 0.2) is 11.5 Å². The van der Waals surface area contributed by atoms with Crippen molar-refractivity contribution < 1.29 is 27.5 Å². The van der Waals surface area contributed by atoms with Crippen LogP contribution >= 0.6 is 0 Å². The molecule has 8 nitrogen and oxygen atoms in total. The van der Waals surface area contributed by atoms with Crippen LogP contribution in [0.5, 0.6) is 11.5 Å². The third-order valence-corrected chi connectivity index (χ3v) is 5.44. The minimum Gasteiger partial charge on any atom is -0.493 e. The molecule has 1 unspecified atom stereocenters. The summed E-state index contributed by atoms with van der Waals surface area (Å²) < 4.78 is 34.4. The zero-order chi connectivity index (χ0) is 21.3. The first kappa shape index (κ1) is 20.4. The van der Waals surface area contributed by atoms with Gasteiger partial charge in [-0.2, -0.15) is 8.42 Å². The number of nitrogens with two attached hydrogens (primary N) is 1. The number of nitrogen functional groups attached to an aromatic ring is 1. The van der Waals surface area contributed by atoms with Crippen molar-refractivity contribution >= 4 is 32.7 Å². The standard InChI is InChI=1S/C20H20N2O6S/c1-4-28-16-10-12(8-9-15(16)27-3)18(11(2)29(25)26)22-19(23)13-6-5-7-14(21)17(13)20(22)24/h5-10,18H,4,21H2,1-3H3. The maximum atomic E-state index is 13.1. The number of benzene rings is 2. The molecule has 1 aliphatic rings. The van der Waals surface area contributed by atoms with Crippen molar-refractivity contribution in [3.63, 3.8) is 0 Å². The van der Waals surface area contributed by atoms with Crippen LogP contribution in [0.2, 0.25) is 0 Å². The highest BCUT2D eigenvalue weighted by molar-refractivity contribution is 7.73. The molecule has 152 valence electrons. The van der Waals surface area contributed by atoms with E-state index in [4.69, 9.17) is 15.2 Å². The van der Waals surface area contributed by atoms with Gasteiger partial charge in [-0.1, -0.05) is 12.1 Å². The largest absolute Gasteiger partial charge is 0.493 e. The van der Waals surface area contributed by atoms with Gasteiger partial charge in [0.2, 0.25) is 10.3 Å². The predicted octanol–water partition coefficient (Wildman–Crippen LogP) is 2.08. The molecule has 1 aliphatic heterocycles. The van der Waals surface area contributed by atoms with Crippen LogP contribution in [0.15, 0.2) is 36.4 Å². The molecule has 0 fully saturated rings. The fourth-order valence-corrected chi connectivity index (χ4v) is 3.78. The number of amides is 2. The van der Waals surface area contributed by atoms with E-state index in [0.29, 0.717) is 23.7 Å². The molecule has 3 rings (SSSR count). The lowest BCUT2D eigenvalue weighted by Gasteiger charge is -2.26. The number of nitrogens with zero attached hydrogens (tertiary/aromatic N) is 1. The number of fused-ring (bicyclic) bond motifs is 1. The van der Waals surface area contributed by atoms with Crippen molar-refractivity contribution in [3.05, 3.63) is 53.1 Å². The summed E-state index contributed by atoms with van der Waals surface area (Å²) in [6, 6.07) is 8.19. The molecule has 0 aliphatic carbocycles. The lowest BCUT2D eigenvalue weighted by molar-refractivity contribution is 0.0625. The van der Waals surface area contributed by atoms with E-state index in [1.54, 1.807) is 31.2 Å². The Morgan fingerprint density at radius 2 is 1.86 bits per heavy atom. The quantitative estimate of drug-likeness (QED) is 0.435. The van der Waals surface area contributed by atoms with Gasteiger partial charge in [-0.3, -0.25) is 14.5 Å². The topological polar surface area (TPSA) is 116 Å². The van der Waals surface area contributed by atoms with Gasteiger partial charge in [-0.05, 0) is 43.7 Å². The second-order valence-corrected chi connectivity index (χ2v) is 7.45. The maximum Gasteiger partial charge on any atom is 0.264 e. The van der Waals surface area contributed by atoms with Gasteiger partial charge in [0, 0.05) is 5.69 Å². The van der Waals surface area contributed by atoms with Crippen molar-refractivity contribution in [3.8, 4) is 11.5 Å². The Morgan fingerprint density at radius 3 is 2.45 bits per heavy atom. The minimum atomic E-state index is -2.64. The zero-order valence-corrected chi connectivity index (χ0v) is 16.9. The van der Waals surface area contributed by atoms with E-state index in [1.807, 2.05) is 0 Å². The van der Waals surface area contributed by atoms with Gasteiger partial charge < -0.3 is 15.2 Å². The molecular formula is C20H20N2O6S. The van der Waals surface area contributed by atoms with Gasteiger partial charge in [0.25, 0.3) is 11.8 Å². The summed E-state index contributed by atoms with van der Waals surface area (Å²) in [5.74, 6) is -0.437. The number of carbonyl (C=O) groups excluding carboxylic acids is 2. The number of hydrogen-bond acceptors (Lipinski definition) is 7. The van der Waals surface area contributed by atoms with E-state index in [2.05, 4.69) is 0 Å². The summed E-state index contributed by atoms with van der Waals surface area (Å²) in [7, 11) is -1.16. The fourth-order valence-electron chi connectivity index (χ4n) is 3.35. The van der Waals surface area contributed by atoms with Crippen LogP contribution in [0.1, 0.15) is 46.2 Å². The third-order valence-electron chi connectivity index (χ3n) is 4.69. The Morgan fingerprint density at radius 1 is 1.14 bits per heavy atom. The maximum absolute atomic E-state index is 13.1. The Labute approximate surface area is 169 Å². The molecule has 0 spiro atoms. The second kappa shape index (κ2) is 7.96. The summed E-state index contributed by atoms with van der Waals surface area (Å²) in [6.07, 6.45) is 0. The highest BCUT2D eigenvalue weighted by Crippen LogP contribution is 2.37. The SMILES string of the molecule is CCOc1cc(C(C(C)=S(=O)=O)N2C(=O)c3cccc(N)c3C2=O)ccc1OC. The third kappa shape index (κ3) is 3.44. The first-order valence-electron chi connectivity index (χ1n) is 8.81. The monoisotopic (exact) mass is 416 g/mol. The normalized spacial score (nSPS) is 13.8. The lowest BCUT2D eigenvalue weighted by Crippen LogP contribution is -2.38. The van der Waals surface area contributed by atoms with Gasteiger partial charge in [-0.25, -0.2) is 0 Å². The molecule has 2 N–H and O–H groups in total. The Hall–Kier alpha value is -3.33. The molecule has 29 heavy (non-hydrogen) atoms. The van der Waals surface area contributed by atoms with E-state index in [0.717, 1.165) is 4.90 Å². The molecule has 0 bridgehead atoms. The minimum absolute atomic E-state index is 0.0746. The lowest BCUT2D eigenvalue weighted by atomic mass is 10.0. The molecule has 2 amide bonds. The average Bonchev–Trinajstić information content (AvgIpc) is 2.94. The molecule has 1 heterocycles. The number of imide groups is 1. The van der Waals surface area contributed by atoms with Gasteiger partial charge in [-0.15, -0.1) is 0 Å². The summed E-state index contributed by atoms with van der Waals surface area (Å²) >= 11 is 0. The number of anilines is 1. The van der Waals surface area contributed by atoms with E-state index in [9.17, 15) is 18.0 Å². The smallest absolute Gasteiger partial charge is 0.264 e. The van der Waals surface area contributed by atoms with Crippen molar-refractivity contribution in [2.45, 2.75) is 19.9 Å². The van der Waals surface area contributed by atoms with Crippen molar-refractivity contribution in [1.82, 2.24) is 4.90 Å². The number of ether oxygens (including phenoxy) is 2. The first-order chi connectivity index (χ1) is 13.8. The van der Waals surface area contributed by atoms with Crippen LogP contribution in [0.3, 0.4) is 0 Å². The molecule has 1 atom stereocenters. The van der Waals surface area contributed by atoms with Crippen LogP contribution in [0.25, 0.3) is 0 Å². The number of carbonyl (C=O) groups is 2. The molecule has 9 heteroatoms. The molecule has 0 radical (unpaired) electrons. The Bertz CT molecular complexity index is 1130. The zero-order valence-electron chi connectivity index (χ0n) is 16.1. The van der Waals surface area contributed by atoms with Crippen LogP contribution in [0.4, 0.5) is 5.69 Å². The molecule has 0 aromatic heterocycles. The highest BCUT2D eigenvalue weighted by Gasteiger charge is 2.43. The molecule has 0 saturated heterocycles. The van der Waals surface area contributed by atoms with Crippen molar-refractivity contribution in [2.75, 3.05) is 19.5 Å². The van der Waals surface area contributed by atoms with E-state index < -0.39 is 28.1 Å². The molecule has 2 aromatic carbocycles. The molecule has 0 saturated carbocycles. The van der Waals surface area contributed by atoms with Crippen LogP contribution < -0.4 is 15.2 Å². The van der Waals surface area contributed by atoms with Crippen LogP contribution in [-0.4, -0.2) is 43.7 Å². The number of methoxy groups -OCH3 is 1. The molecule has 2 aromatic rings. The predicted molar refractivity (Wildman–Crippen MR) is 108 cm³/mol. The number of hydrogen-bond donors (Lipinski definition) is 1. The Kier molecular flexibility index (Phi) is 5.60. The fraction of sp³-hybridized carbons (Fsp3) is 0.250. The summed E-state index contributed by atoms with van der Waals surface area (Å²) in [6.45, 7) is 3.50. The molecular weight excluding hydrogens is 396 g/mol. The average molecular weight is 416 g/mol. The first-order valence-corrected chi connectivity index (χ1v) is 9.89. The number of rotatable bonds is 6. The summed E-state index contributed by atoms with van der Waals surface area (Å²) in [5.41, 5.74) is 6.67. The van der Waals surface area contributed by atoms with Crippen molar-refractivity contribution in [2.24, 2.45) is 0 Å². The highest BCUT2D eigenvalue weighted by atomic mass is 32.2. The Balaban J connectivity index is 2.20. The van der Waals surface area contributed by atoms with Crippen LogP contribution in [-0.2, 0) is 10.3 Å². The summed E-state index contributed by atoms with van der Waals surface area (Å²) in [4.78, 5) is 26.9.